The van der Waals surface area contributed by atoms with E-state index in [4.69, 9.17) is 0 Å². The van der Waals surface area contributed by atoms with Gasteiger partial charge in [-0.15, -0.1) is 0 Å². The monoisotopic (exact) mass is 280 g/mol. The number of hydrogen-bond acceptors (Lipinski definition) is 2. The van der Waals surface area contributed by atoms with Crippen molar-refractivity contribution in [2.75, 3.05) is 7.05 Å². The normalized spacial score (nSPS) is 22.1. The van der Waals surface area contributed by atoms with Crippen molar-refractivity contribution in [1.82, 2.24) is 9.80 Å². The van der Waals surface area contributed by atoms with Crippen molar-refractivity contribution in [3.63, 3.8) is 0 Å². The lowest BCUT2D eigenvalue weighted by Gasteiger charge is -2.40. The molecule has 0 spiro atoms. The third-order valence-electron chi connectivity index (χ3n) is 4.53. The highest BCUT2D eigenvalue weighted by molar-refractivity contribution is 6.09. The Morgan fingerprint density at radius 3 is 2.62 bits per heavy atom. The molecule has 0 aliphatic carbocycles. The Bertz CT molecular complexity index is 686. The third-order valence-corrected chi connectivity index (χ3v) is 4.53. The van der Waals surface area contributed by atoms with Gasteiger partial charge in [-0.2, -0.15) is 0 Å². The van der Waals surface area contributed by atoms with Crippen LogP contribution in [0.4, 0.5) is 0 Å². The number of fused-ring (bicyclic) bond motifs is 1. The van der Waals surface area contributed by atoms with Gasteiger partial charge in [0, 0.05) is 35.3 Å². The van der Waals surface area contributed by atoms with E-state index in [0.717, 1.165) is 46.6 Å². The van der Waals surface area contributed by atoms with Crippen LogP contribution in [0.1, 0.15) is 34.3 Å². The molecule has 108 valence electrons. The summed E-state index contributed by atoms with van der Waals surface area (Å²) in [7, 11) is 1.96. The minimum absolute atomic E-state index is 0.0297. The highest BCUT2D eigenvalue weighted by Gasteiger charge is 2.39. The molecule has 1 aromatic carbocycles. The molecule has 0 aromatic heterocycles. The van der Waals surface area contributed by atoms with E-state index in [9.17, 15) is 4.79 Å². The van der Waals surface area contributed by atoms with Crippen LogP contribution in [0.3, 0.4) is 0 Å². The van der Waals surface area contributed by atoms with Gasteiger partial charge in [0.25, 0.3) is 5.91 Å². The van der Waals surface area contributed by atoms with Crippen molar-refractivity contribution in [2.24, 2.45) is 0 Å². The van der Waals surface area contributed by atoms with Crippen molar-refractivity contribution >= 4 is 11.6 Å². The number of likely N-dealkylation sites (N-methyl/N-ethyl adjacent to an activating group) is 1. The second kappa shape index (κ2) is 4.62. The zero-order chi connectivity index (χ0) is 15.3. The number of nitrogens with zero attached hydrogens (tertiary/aromatic N) is 2. The van der Waals surface area contributed by atoms with E-state index in [1.54, 1.807) is 4.90 Å². The highest BCUT2D eigenvalue weighted by Crippen LogP contribution is 2.39. The molecule has 1 unspecified atom stereocenters. The highest BCUT2D eigenvalue weighted by atomic mass is 16.2. The molecule has 3 nitrogen and oxygen atoms in total. The molecule has 1 fully saturated rings. The summed E-state index contributed by atoms with van der Waals surface area (Å²) >= 11 is 0. The Labute approximate surface area is 125 Å². The van der Waals surface area contributed by atoms with Gasteiger partial charge in [0.15, 0.2) is 0 Å². The second-order valence-electron chi connectivity index (χ2n) is 5.84. The Hall–Kier alpha value is -2.29. The van der Waals surface area contributed by atoms with Crippen LogP contribution in [0.25, 0.3) is 5.70 Å². The fourth-order valence-corrected chi connectivity index (χ4v) is 3.14. The molecule has 0 saturated carbocycles. The van der Waals surface area contributed by atoms with Gasteiger partial charge in [0.1, 0.15) is 0 Å². The zero-order valence-electron chi connectivity index (χ0n) is 12.6. The van der Waals surface area contributed by atoms with Gasteiger partial charge in [-0.1, -0.05) is 31.4 Å². The maximum absolute atomic E-state index is 12.7. The van der Waals surface area contributed by atoms with Crippen molar-refractivity contribution in [2.45, 2.75) is 25.8 Å². The summed E-state index contributed by atoms with van der Waals surface area (Å²) < 4.78 is 0. The minimum Gasteiger partial charge on any atom is -0.351 e. The number of allylic oxidation sites excluding steroid dienone is 1. The molecule has 1 amide bonds. The first-order valence-corrected chi connectivity index (χ1v) is 7.15. The largest absolute Gasteiger partial charge is 0.351 e. The van der Waals surface area contributed by atoms with Crippen LogP contribution in [0.5, 0.6) is 0 Å². The van der Waals surface area contributed by atoms with E-state index >= 15 is 0 Å². The summed E-state index contributed by atoms with van der Waals surface area (Å²) in [6.07, 6.45) is 1.71. The lowest BCUT2D eigenvalue weighted by Crippen LogP contribution is -2.43. The second-order valence-corrected chi connectivity index (χ2v) is 5.84. The first kappa shape index (κ1) is 13.7. The summed E-state index contributed by atoms with van der Waals surface area (Å²) in [6, 6.07) is 5.86. The lowest BCUT2D eigenvalue weighted by atomic mass is 9.98. The van der Waals surface area contributed by atoms with E-state index in [2.05, 4.69) is 19.7 Å². The molecule has 0 radical (unpaired) electrons. The average molecular weight is 280 g/mol. The van der Waals surface area contributed by atoms with Gasteiger partial charge in [-0.25, -0.2) is 0 Å². The van der Waals surface area contributed by atoms with E-state index in [1.165, 1.54) is 0 Å². The number of likely N-dealkylation sites (tertiary alicyclic amines) is 1. The van der Waals surface area contributed by atoms with E-state index in [-0.39, 0.29) is 11.9 Å². The molecule has 21 heavy (non-hydrogen) atoms. The van der Waals surface area contributed by atoms with Crippen molar-refractivity contribution in [1.29, 1.82) is 0 Å². The summed E-state index contributed by atoms with van der Waals surface area (Å²) in [5, 5.41) is 0. The SMILES string of the molecule is C=C1CCC(N2C(=C)c3cc(C)ccc3C2=O)C(=C)N1C. The number of carbonyl (C=O) groups excluding carboxylic acids is 1. The van der Waals surface area contributed by atoms with Crippen LogP contribution < -0.4 is 0 Å². The average Bonchev–Trinajstić information content (AvgIpc) is 2.69. The number of benzene rings is 1. The smallest absolute Gasteiger partial charge is 0.259 e. The number of hydrogen-bond donors (Lipinski definition) is 0. The van der Waals surface area contributed by atoms with E-state index in [1.807, 2.05) is 37.1 Å². The summed E-state index contributed by atoms with van der Waals surface area (Å²) in [5.41, 5.74) is 5.56. The van der Waals surface area contributed by atoms with Crippen LogP contribution in [0.15, 0.2) is 49.3 Å². The number of carbonyl (C=O) groups is 1. The van der Waals surface area contributed by atoms with E-state index in [0.29, 0.717) is 0 Å². The predicted octanol–water partition coefficient (Wildman–Crippen LogP) is 3.54. The fraction of sp³-hybridized carbons (Fsp3) is 0.278. The maximum atomic E-state index is 12.7. The summed E-state index contributed by atoms with van der Waals surface area (Å²) in [5.74, 6) is 0.0297. The van der Waals surface area contributed by atoms with Crippen molar-refractivity contribution in [3.8, 4) is 0 Å². The van der Waals surface area contributed by atoms with Gasteiger partial charge in [-0.3, -0.25) is 9.69 Å². The molecule has 2 aliphatic rings. The quantitative estimate of drug-likeness (QED) is 0.785. The first-order chi connectivity index (χ1) is 9.91. The molecule has 3 rings (SSSR count). The molecular weight excluding hydrogens is 260 g/mol. The van der Waals surface area contributed by atoms with Gasteiger partial charge in [0.05, 0.1) is 6.04 Å². The molecule has 1 aromatic rings. The standard InChI is InChI=1S/C18H20N2O/c1-11-6-8-15-16(10-11)13(3)20(18(15)21)17-9-7-12(2)19(5)14(17)4/h6,8,10,17H,2-4,7,9H2,1,5H3. The summed E-state index contributed by atoms with van der Waals surface area (Å²) in [6.45, 7) is 14.4. The number of rotatable bonds is 1. The lowest BCUT2D eigenvalue weighted by molar-refractivity contribution is 0.0795. The maximum Gasteiger partial charge on any atom is 0.259 e. The van der Waals surface area contributed by atoms with Crippen LogP contribution in [-0.4, -0.2) is 28.8 Å². The Morgan fingerprint density at radius 1 is 1.19 bits per heavy atom. The van der Waals surface area contributed by atoms with Crippen LogP contribution in [0, 0.1) is 6.92 Å². The summed E-state index contributed by atoms with van der Waals surface area (Å²) in [4.78, 5) is 16.5. The fourth-order valence-electron chi connectivity index (χ4n) is 3.14. The minimum atomic E-state index is -0.0341. The van der Waals surface area contributed by atoms with Crippen molar-refractivity contribution < 1.29 is 4.79 Å². The van der Waals surface area contributed by atoms with Gasteiger partial charge >= 0.3 is 0 Å². The Morgan fingerprint density at radius 2 is 1.90 bits per heavy atom. The van der Waals surface area contributed by atoms with E-state index < -0.39 is 0 Å². The van der Waals surface area contributed by atoms with Crippen LogP contribution >= 0.6 is 0 Å². The molecule has 0 N–H and O–H groups in total. The molecule has 1 atom stereocenters. The zero-order valence-corrected chi connectivity index (χ0v) is 12.6. The molecule has 0 bridgehead atoms. The molecule has 2 aliphatic heterocycles. The third kappa shape index (κ3) is 1.92. The van der Waals surface area contributed by atoms with Crippen LogP contribution in [-0.2, 0) is 0 Å². The number of aryl methyl sites for hydroxylation is 1. The Kier molecular flexibility index (Phi) is 3.01. The van der Waals surface area contributed by atoms with Gasteiger partial charge < -0.3 is 4.90 Å². The van der Waals surface area contributed by atoms with Crippen molar-refractivity contribution in [3.05, 3.63) is 66.0 Å². The predicted molar refractivity (Wildman–Crippen MR) is 85.4 cm³/mol. The number of amides is 1. The molecular formula is C18H20N2O. The number of piperidine rings is 1. The molecule has 1 saturated heterocycles. The van der Waals surface area contributed by atoms with Gasteiger partial charge in [-0.05, 0) is 31.9 Å². The Balaban J connectivity index is 1.98. The first-order valence-electron chi connectivity index (χ1n) is 7.15. The molecule has 3 heteroatoms. The topological polar surface area (TPSA) is 23.6 Å². The van der Waals surface area contributed by atoms with Crippen LogP contribution in [0.2, 0.25) is 0 Å². The molecule has 2 heterocycles. The van der Waals surface area contributed by atoms with Gasteiger partial charge in [0.2, 0.25) is 0 Å².